The van der Waals surface area contributed by atoms with Crippen molar-refractivity contribution >= 4 is 22.5 Å². The maximum atomic E-state index is 9.57. The fourth-order valence-corrected chi connectivity index (χ4v) is 1.97. The molecule has 0 aliphatic rings. The Morgan fingerprint density at radius 3 is 2.62 bits per heavy atom. The first-order valence-corrected chi connectivity index (χ1v) is 5.63. The van der Waals surface area contributed by atoms with Gasteiger partial charge in [-0.1, -0.05) is 17.7 Å². The third-order valence-electron chi connectivity index (χ3n) is 2.82. The van der Waals surface area contributed by atoms with Gasteiger partial charge in [0.25, 0.3) is 0 Å². The molecule has 0 aliphatic heterocycles. The molecule has 2 rings (SSSR count). The number of rotatable bonds is 1. The third kappa shape index (κ3) is 1.79. The lowest BCUT2D eigenvalue weighted by Gasteiger charge is -2.11. The highest BCUT2D eigenvalue weighted by Gasteiger charge is 2.10. The molecule has 84 valence electrons. The van der Waals surface area contributed by atoms with Gasteiger partial charge in [0.1, 0.15) is 0 Å². The first-order valence-electron chi connectivity index (χ1n) is 5.25. The van der Waals surface area contributed by atoms with E-state index >= 15 is 0 Å². The molecule has 1 aromatic heterocycles. The molecule has 0 spiro atoms. The number of aromatic nitrogens is 1. The molecule has 16 heavy (non-hydrogen) atoms. The van der Waals surface area contributed by atoms with Crippen molar-refractivity contribution in [1.82, 2.24) is 4.98 Å². The van der Waals surface area contributed by atoms with E-state index in [9.17, 15) is 5.11 Å². The van der Waals surface area contributed by atoms with Crippen molar-refractivity contribution in [2.45, 2.75) is 26.9 Å². The van der Waals surface area contributed by atoms with Gasteiger partial charge < -0.3 is 5.11 Å². The van der Waals surface area contributed by atoms with Crippen LogP contribution < -0.4 is 0 Å². The summed E-state index contributed by atoms with van der Waals surface area (Å²) in [6.45, 7) is 5.68. The molecule has 0 saturated heterocycles. The van der Waals surface area contributed by atoms with Crippen LogP contribution in [0.4, 0.5) is 0 Å². The van der Waals surface area contributed by atoms with Gasteiger partial charge in [0.15, 0.2) is 0 Å². The smallest absolute Gasteiger partial charge is 0.0932 e. The minimum atomic E-state index is -0.554. The average Bonchev–Trinajstić information content (AvgIpc) is 2.23. The molecule has 1 N–H and O–H groups in total. The number of aliphatic hydroxyl groups excluding tert-OH is 1. The Morgan fingerprint density at radius 2 is 2.00 bits per heavy atom. The van der Waals surface area contributed by atoms with Crippen molar-refractivity contribution in [3.05, 3.63) is 40.0 Å². The van der Waals surface area contributed by atoms with Gasteiger partial charge in [-0.05, 0) is 44.0 Å². The molecule has 1 atom stereocenters. The van der Waals surface area contributed by atoms with Gasteiger partial charge in [0, 0.05) is 10.4 Å². The molecular formula is C13H14ClNO. The minimum Gasteiger partial charge on any atom is -0.387 e. The van der Waals surface area contributed by atoms with Gasteiger partial charge in [-0.15, -0.1) is 0 Å². The predicted molar refractivity (Wildman–Crippen MR) is 66.9 cm³/mol. The molecule has 0 saturated carbocycles. The summed E-state index contributed by atoms with van der Waals surface area (Å²) >= 11 is 6.07. The highest BCUT2D eigenvalue weighted by Crippen LogP contribution is 2.27. The summed E-state index contributed by atoms with van der Waals surface area (Å²) < 4.78 is 0. The van der Waals surface area contributed by atoms with Gasteiger partial charge in [-0.25, -0.2) is 4.98 Å². The molecule has 1 unspecified atom stereocenters. The molecule has 1 heterocycles. The predicted octanol–water partition coefficient (Wildman–Crippen LogP) is 3.56. The van der Waals surface area contributed by atoms with Crippen molar-refractivity contribution in [1.29, 1.82) is 0 Å². The van der Waals surface area contributed by atoms with Crippen LogP contribution in [0.1, 0.15) is 29.8 Å². The van der Waals surface area contributed by atoms with Gasteiger partial charge in [-0.3, -0.25) is 0 Å². The van der Waals surface area contributed by atoms with Gasteiger partial charge in [-0.2, -0.15) is 0 Å². The topological polar surface area (TPSA) is 33.1 Å². The Hall–Kier alpha value is -1.12. The number of hydrogen-bond acceptors (Lipinski definition) is 2. The molecule has 0 radical (unpaired) electrons. The fourth-order valence-electron chi connectivity index (χ4n) is 1.81. The second-order valence-electron chi connectivity index (χ2n) is 4.11. The molecule has 0 bridgehead atoms. The Balaban J connectivity index is 2.83. The SMILES string of the molecule is Cc1cc(C(C)O)nc2c(C)c(Cl)ccc12. The van der Waals surface area contributed by atoms with Gasteiger partial charge >= 0.3 is 0 Å². The van der Waals surface area contributed by atoms with Crippen LogP contribution in [-0.4, -0.2) is 10.1 Å². The van der Waals surface area contributed by atoms with E-state index in [0.717, 1.165) is 22.0 Å². The Labute approximate surface area is 99.9 Å². The number of aryl methyl sites for hydroxylation is 2. The maximum Gasteiger partial charge on any atom is 0.0932 e. The highest BCUT2D eigenvalue weighted by atomic mass is 35.5. The minimum absolute atomic E-state index is 0.554. The highest BCUT2D eigenvalue weighted by molar-refractivity contribution is 6.32. The maximum absolute atomic E-state index is 9.57. The lowest BCUT2D eigenvalue weighted by atomic mass is 10.0. The number of hydrogen-bond donors (Lipinski definition) is 1. The summed E-state index contributed by atoms with van der Waals surface area (Å²) in [5.74, 6) is 0. The van der Waals surface area contributed by atoms with Crippen molar-refractivity contribution in [2.24, 2.45) is 0 Å². The molecule has 1 aromatic carbocycles. The summed E-state index contributed by atoms with van der Waals surface area (Å²) in [6, 6.07) is 5.77. The van der Waals surface area contributed by atoms with Crippen LogP contribution in [0.15, 0.2) is 18.2 Å². The van der Waals surface area contributed by atoms with E-state index in [1.165, 1.54) is 0 Å². The normalized spacial score (nSPS) is 13.1. The fraction of sp³-hybridized carbons (Fsp3) is 0.308. The van der Waals surface area contributed by atoms with E-state index in [2.05, 4.69) is 4.98 Å². The van der Waals surface area contributed by atoms with E-state index in [-0.39, 0.29) is 0 Å². The van der Waals surface area contributed by atoms with E-state index in [1.807, 2.05) is 32.0 Å². The summed E-state index contributed by atoms with van der Waals surface area (Å²) in [5, 5.41) is 11.4. The summed E-state index contributed by atoms with van der Waals surface area (Å²) in [4.78, 5) is 4.46. The molecule has 2 aromatic rings. The van der Waals surface area contributed by atoms with Crippen LogP contribution in [0.5, 0.6) is 0 Å². The quantitative estimate of drug-likeness (QED) is 0.820. The van der Waals surface area contributed by atoms with Crippen molar-refractivity contribution < 1.29 is 5.11 Å². The second kappa shape index (κ2) is 4.04. The lowest BCUT2D eigenvalue weighted by Crippen LogP contribution is -1.98. The number of pyridine rings is 1. The Kier molecular flexibility index (Phi) is 2.87. The number of nitrogens with zero attached hydrogens (tertiary/aromatic N) is 1. The zero-order valence-electron chi connectivity index (χ0n) is 9.58. The third-order valence-corrected chi connectivity index (χ3v) is 3.23. The van der Waals surface area contributed by atoms with Gasteiger partial charge in [0.05, 0.1) is 17.3 Å². The Bertz CT molecular complexity index is 549. The van der Waals surface area contributed by atoms with Crippen LogP contribution in [0, 0.1) is 13.8 Å². The van der Waals surface area contributed by atoms with E-state index < -0.39 is 6.10 Å². The van der Waals surface area contributed by atoms with Crippen LogP contribution in [-0.2, 0) is 0 Å². The Morgan fingerprint density at radius 1 is 1.31 bits per heavy atom. The van der Waals surface area contributed by atoms with Crippen LogP contribution in [0.25, 0.3) is 10.9 Å². The molecule has 0 aliphatic carbocycles. The van der Waals surface area contributed by atoms with Crippen molar-refractivity contribution in [2.75, 3.05) is 0 Å². The van der Waals surface area contributed by atoms with Crippen LogP contribution in [0.2, 0.25) is 5.02 Å². The molecule has 0 fully saturated rings. The first-order chi connectivity index (χ1) is 7.50. The van der Waals surface area contributed by atoms with Crippen molar-refractivity contribution in [3.63, 3.8) is 0 Å². The van der Waals surface area contributed by atoms with Crippen LogP contribution >= 0.6 is 11.6 Å². The first kappa shape index (κ1) is 11.4. The number of aliphatic hydroxyl groups is 1. The number of halogens is 1. The molecule has 2 nitrogen and oxygen atoms in total. The zero-order valence-corrected chi connectivity index (χ0v) is 10.3. The van der Waals surface area contributed by atoms with E-state index in [0.29, 0.717) is 10.7 Å². The largest absolute Gasteiger partial charge is 0.387 e. The van der Waals surface area contributed by atoms with E-state index in [4.69, 9.17) is 11.6 Å². The van der Waals surface area contributed by atoms with E-state index in [1.54, 1.807) is 6.92 Å². The standard InChI is InChI=1S/C13H14ClNO/c1-7-6-12(9(3)16)15-13-8(2)11(14)5-4-10(7)13/h4-6,9,16H,1-3H3. The average molecular weight is 236 g/mol. The summed E-state index contributed by atoms with van der Waals surface area (Å²) in [7, 11) is 0. The summed E-state index contributed by atoms with van der Waals surface area (Å²) in [5.41, 5.74) is 3.64. The second-order valence-corrected chi connectivity index (χ2v) is 4.52. The zero-order chi connectivity index (χ0) is 11.9. The summed E-state index contributed by atoms with van der Waals surface area (Å²) in [6.07, 6.45) is -0.554. The number of benzene rings is 1. The monoisotopic (exact) mass is 235 g/mol. The molecule has 3 heteroatoms. The number of fused-ring (bicyclic) bond motifs is 1. The molecule has 0 amide bonds. The van der Waals surface area contributed by atoms with Crippen LogP contribution in [0.3, 0.4) is 0 Å². The van der Waals surface area contributed by atoms with Gasteiger partial charge in [0.2, 0.25) is 0 Å². The van der Waals surface area contributed by atoms with Crippen molar-refractivity contribution in [3.8, 4) is 0 Å². The lowest BCUT2D eigenvalue weighted by molar-refractivity contribution is 0.194. The molecular weight excluding hydrogens is 222 g/mol.